The van der Waals surface area contributed by atoms with Crippen LogP contribution in [0.15, 0.2) is 12.2 Å². The molecule has 0 spiro atoms. The molecule has 15 heavy (non-hydrogen) atoms. The van der Waals surface area contributed by atoms with Gasteiger partial charge in [0.05, 0.1) is 0 Å². The van der Waals surface area contributed by atoms with Crippen LogP contribution in [0.25, 0.3) is 0 Å². The molecule has 0 aromatic heterocycles. The average molecular weight is 211 g/mol. The van der Waals surface area contributed by atoms with Gasteiger partial charge in [0.1, 0.15) is 0 Å². The molecule has 1 heteroatoms. The highest BCUT2D eigenvalue weighted by molar-refractivity contribution is 5.07. The molecular formula is C14H29N. The van der Waals surface area contributed by atoms with Crippen LogP contribution in [0.5, 0.6) is 0 Å². The topological polar surface area (TPSA) is 3.24 Å². The number of hydrogen-bond acceptors (Lipinski definition) is 1. The summed E-state index contributed by atoms with van der Waals surface area (Å²) in [5.74, 6) is 0. The second kappa shape index (κ2) is 5.16. The van der Waals surface area contributed by atoms with Crippen LogP contribution in [-0.4, -0.2) is 25.0 Å². The van der Waals surface area contributed by atoms with Crippen molar-refractivity contribution in [2.45, 2.75) is 48.0 Å². The summed E-state index contributed by atoms with van der Waals surface area (Å²) in [4.78, 5) is 2.37. The first-order valence-electron chi connectivity index (χ1n) is 5.89. The largest absolute Gasteiger partial charge is 0.302 e. The molecule has 0 atom stereocenters. The molecule has 0 N–H and O–H groups in total. The van der Waals surface area contributed by atoms with Gasteiger partial charge in [-0.15, -0.1) is 0 Å². The monoisotopic (exact) mass is 211 g/mol. The molecule has 0 radical (unpaired) electrons. The Kier molecular flexibility index (Phi) is 5.05. The van der Waals surface area contributed by atoms with Crippen LogP contribution in [0.2, 0.25) is 0 Å². The highest BCUT2D eigenvalue weighted by Gasteiger charge is 2.17. The number of likely N-dealkylation sites (N-methyl/N-ethyl adjacent to an activating group) is 1. The third-order valence-electron chi connectivity index (χ3n) is 2.76. The number of rotatable bonds is 4. The quantitative estimate of drug-likeness (QED) is 0.636. The van der Waals surface area contributed by atoms with Gasteiger partial charge in [-0.25, -0.2) is 0 Å². The number of nitrogens with zero attached hydrogens (tertiary/aromatic N) is 1. The normalized spacial score (nSPS) is 13.3. The van der Waals surface area contributed by atoms with Gasteiger partial charge in [-0.3, -0.25) is 0 Å². The van der Waals surface area contributed by atoms with Gasteiger partial charge < -0.3 is 4.90 Å². The molecule has 0 unspecified atom stereocenters. The standard InChI is InChI=1S/C14H29N/c1-12(14(5,6)7)11-15(8)10-9-13(2,3)4/h1,9-11H2,2-8H3. The summed E-state index contributed by atoms with van der Waals surface area (Å²) < 4.78 is 0. The minimum atomic E-state index is 0.232. The maximum absolute atomic E-state index is 4.17. The summed E-state index contributed by atoms with van der Waals surface area (Å²) in [6.07, 6.45) is 1.24. The smallest absolute Gasteiger partial charge is 0.0192 e. The molecule has 0 bridgehead atoms. The van der Waals surface area contributed by atoms with E-state index in [0.717, 1.165) is 13.1 Å². The lowest BCUT2D eigenvalue weighted by Crippen LogP contribution is -2.28. The van der Waals surface area contributed by atoms with Crippen LogP contribution in [-0.2, 0) is 0 Å². The third kappa shape index (κ3) is 7.61. The lowest BCUT2D eigenvalue weighted by Gasteiger charge is -2.28. The van der Waals surface area contributed by atoms with Crippen LogP contribution in [0.3, 0.4) is 0 Å². The molecule has 0 heterocycles. The van der Waals surface area contributed by atoms with Crippen molar-refractivity contribution in [1.29, 1.82) is 0 Å². The van der Waals surface area contributed by atoms with Gasteiger partial charge in [0.2, 0.25) is 0 Å². The summed E-state index contributed by atoms with van der Waals surface area (Å²) in [7, 11) is 2.18. The minimum absolute atomic E-state index is 0.232. The van der Waals surface area contributed by atoms with Gasteiger partial charge in [0.15, 0.2) is 0 Å². The Bertz CT molecular complexity index is 202. The molecule has 0 fully saturated rings. The van der Waals surface area contributed by atoms with Gasteiger partial charge in [-0.2, -0.15) is 0 Å². The van der Waals surface area contributed by atoms with Gasteiger partial charge in [-0.05, 0) is 30.8 Å². The fraction of sp³-hybridized carbons (Fsp3) is 0.857. The summed E-state index contributed by atoms with van der Waals surface area (Å²) in [5, 5.41) is 0. The Balaban J connectivity index is 3.95. The van der Waals surface area contributed by atoms with E-state index in [1.807, 2.05) is 0 Å². The van der Waals surface area contributed by atoms with Crippen molar-refractivity contribution in [2.24, 2.45) is 10.8 Å². The molecule has 0 aliphatic heterocycles. The van der Waals surface area contributed by atoms with E-state index in [0.29, 0.717) is 5.41 Å². The van der Waals surface area contributed by atoms with Crippen molar-refractivity contribution >= 4 is 0 Å². The number of hydrogen-bond donors (Lipinski definition) is 0. The summed E-state index contributed by atoms with van der Waals surface area (Å²) in [5.41, 5.74) is 1.98. The van der Waals surface area contributed by atoms with Crippen LogP contribution in [0, 0.1) is 10.8 Å². The zero-order chi connectivity index (χ0) is 12.3. The average Bonchev–Trinajstić information content (AvgIpc) is 1.97. The summed E-state index contributed by atoms with van der Waals surface area (Å²) in [6, 6.07) is 0. The summed E-state index contributed by atoms with van der Waals surface area (Å²) >= 11 is 0. The maximum atomic E-state index is 4.17. The van der Waals surface area contributed by atoms with E-state index >= 15 is 0 Å². The second-order valence-electron chi connectivity index (χ2n) is 6.90. The fourth-order valence-electron chi connectivity index (χ4n) is 1.17. The van der Waals surface area contributed by atoms with Gasteiger partial charge >= 0.3 is 0 Å². The Morgan fingerprint density at radius 1 is 1.07 bits per heavy atom. The van der Waals surface area contributed by atoms with E-state index in [2.05, 4.69) is 60.1 Å². The lowest BCUT2D eigenvalue weighted by atomic mass is 9.87. The van der Waals surface area contributed by atoms with Crippen LogP contribution >= 0.6 is 0 Å². The Labute approximate surface area is 96.6 Å². The minimum Gasteiger partial charge on any atom is -0.302 e. The predicted octanol–water partition coefficient (Wildman–Crippen LogP) is 3.96. The van der Waals surface area contributed by atoms with Crippen LogP contribution in [0.4, 0.5) is 0 Å². The fourth-order valence-corrected chi connectivity index (χ4v) is 1.17. The molecule has 0 aromatic rings. The molecule has 0 aliphatic carbocycles. The van der Waals surface area contributed by atoms with Gasteiger partial charge in [0, 0.05) is 6.54 Å². The Morgan fingerprint density at radius 3 is 1.87 bits per heavy atom. The third-order valence-corrected chi connectivity index (χ3v) is 2.76. The van der Waals surface area contributed by atoms with Crippen molar-refractivity contribution in [1.82, 2.24) is 4.90 Å². The summed E-state index contributed by atoms with van der Waals surface area (Å²) in [6.45, 7) is 19.9. The van der Waals surface area contributed by atoms with Crippen LogP contribution < -0.4 is 0 Å². The zero-order valence-corrected chi connectivity index (χ0v) is 11.8. The van der Waals surface area contributed by atoms with Crippen molar-refractivity contribution < 1.29 is 0 Å². The highest BCUT2D eigenvalue weighted by atomic mass is 15.1. The van der Waals surface area contributed by atoms with Crippen molar-refractivity contribution in [3.8, 4) is 0 Å². The first-order chi connectivity index (χ1) is 6.52. The van der Waals surface area contributed by atoms with Gasteiger partial charge in [0.25, 0.3) is 0 Å². The molecule has 1 nitrogen and oxygen atoms in total. The zero-order valence-electron chi connectivity index (χ0n) is 11.8. The molecule has 0 aromatic carbocycles. The van der Waals surface area contributed by atoms with Crippen LogP contribution in [0.1, 0.15) is 48.0 Å². The maximum Gasteiger partial charge on any atom is 0.0192 e. The first-order valence-corrected chi connectivity index (χ1v) is 5.89. The van der Waals surface area contributed by atoms with E-state index < -0.39 is 0 Å². The van der Waals surface area contributed by atoms with E-state index in [1.54, 1.807) is 0 Å². The van der Waals surface area contributed by atoms with E-state index in [-0.39, 0.29) is 5.41 Å². The van der Waals surface area contributed by atoms with Crippen molar-refractivity contribution in [2.75, 3.05) is 20.1 Å². The first kappa shape index (κ1) is 14.7. The predicted molar refractivity (Wildman–Crippen MR) is 70.2 cm³/mol. The van der Waals surface area contributed by atoms with Crippen molar-refractivity contribution in [3.63, 3.8) is 0 Å². The van der Waals surface area contributed by atoms with E-state index in [1.165, 1.54) is 12.0 Å². The second-order valence-corrected chi connectivity index (χ2v) is 6.90. The highest BCUT2D eigenvalue weighted by Crippen LogP contribution is 2.24. The van der Waals surface area contributed by atoms with E-state index in [4.69, 9.17) is 0 Å². The Hall–Kier alpha value is -0.300. The molecule has 0 saturated carbocycles. The molecule has 0 saturated heterocycles. The SMILES string of the molecule is C=C(CN(C)CCC(C)(C)C)C(C)(C)C. The lowest BCUT2D eigenvalue weighted by molar-refractivity contribution is 0.267. The van der Waals surface area contributed by atoms with Gasteiger partial charge in [-0.1, -0.05) is 53.7 Å². The Morgan fingerprint density at radius 2 is 1.53 bits per heavy atom. The van der Waals surface area contributed by atoms with Crippen molar-refractivity contribution in [3.05, 3.63) is 12.2 Å². The molecule has 90 valence electrons. The molecule has 0 rings (SSSR count). The molecular weight excluding hydrogens is 182 g/mol. The molecule has 0 amide bonds. The molecule has 0 aliphatic rings. The van der Waals surface area contributed by atoms with E-state index in [9.17, 15) is 0 Å².